The molecule has 1 amide bonds. The van der Waals surface area contributed by atoms with E-state index in [9.17, 15) is 4.79 Å². The fourth-order valence-electron chi connectivity index (χ4n) is 2.91. The molecular formula is C16H24N2O2. The summed E-state index contributed by atoms with van der Waals surface area (Å²) in [4.78, 5) is 14.2. The second-order valence-electron chi connectivity index (χ2n) is 5.49. The molecule has 0 atom stereocenters. The molecule has 0 bridgehead atoms. The van der Waals surface area contributed by atoms with Crippen LogP contribution in [0.5, 0.6) is 0 Å². The molecule has 4 nitrogen and oxygen atoms in total. The van der Waals surface area contributed by atoms with Crippen molar-refractivity contribution in [2.75, 3.05) is 18.9 Å². The van der Waals surface area contributed by atoms with Gasteiger partial charge in [-0.15, -0.1) is 0 Å². The number of nitrogens with two attached hydrogens (primary N) is 1. The van der Waals surface area contributed by atoms with Gasteiger partial charge in [-0.25, -0.2) is 0 Å². The summed E-state index contributed by atoms with van der Waals surface area (Å²) in [5.74, 6) is 0.155. The van der Waals surface area contributed by atoms with E-state index in [-0.39, 0.29) is 12.5 Å². The molecule has 1 aliphatic carbocycles. The zero-order valence-electron chi connectivity index (χ0n) is 11.9. The van der Waals surface area contributed by atoms with Crippen molar-refractivity contribution in [3.05, 3.63) is 29.8 Å². The molecule has 4 heteroatoms. The number of nitrogen functional groups attached to an aromatic ring is 1. The van der Waals surface area contributed by atoms with E-state index in [1.54, 1.807) is 0 Å². The van der Waals surface area contributed by atoms with Gasteiger partial charge < -0.3 is 15.7 Å². The number of aliphatic hydroxyl groups is 1. The molecule has 0 unspecified atom stereocenters. The number of nitrogens with zero attached hydrogens (tertiary/aromatic N) is 1. The van der Waals surface area contributed by atoms with E-state index in [1.165, 1.54) is 12.8 Å². The number of anilines is 1. The van der Waals surface area contributed by atoms with Crippen molar-refractivity contribution in [1.82, 2.24) is 4.90 Å². The largest absolute Gasteiger partial charge is 0.399 e. The van der Waals surface area contributed by atoms with E-state index in [2.05, 4.69) is 0 Å². The lowest BCUT2D eigenvalue weighted by Crippen LogP contribution is -2.40. The smallest absolute Gasteiger partial charge is 0.223 e. The van der Waals surface area contributed by atoms with Crippen LogP contribution in [0.15, 0.2) is 24.3 Å². The minimum Gasteiger partial charge on any atom is -0.399 e. The summed E-state index contributed by atoms with van der Waals surface area (Å²) in [6.45, 7) is 0.509. The van der Waals surface area contributed by atoms with E-state index in [4.69, 9.17) is 10.8 Å². The Hall–Kier alpha value is -1.55. The fourth-order valence-corrected chi connectivity index (χ4v) is 2.91. The first-order valence-electron chi connectivity index (χ1n) is 7.45. The molecule has 20 heavy (non-hydrogen) atoms. The molecule has 1 saturated carbocycles. The van der Waals surface area contributed by atoms with Gasteiger partial charge in [0, 0.05) is 24.7 Å². The highest BCUT2D eigenvalue weighted by Gasteiger charge is 2.25. The molecule has 0 saturated heterocycles. The average Bonchev–Trinajstić information content (AvgIpc) is 2.97. The monoisotopic (exact) mass is 276 g/mol. The lowest BCUT2D eigenvalue weighted by Gasteiger charge is -2.28. The summed E-state index contributed by atoms with van der Waals surface area (Å²) in [5, 5.41) is 9.15. The van der Waals surface area contributed by atoms with Crippen LogP contribution in [0.1, 0.15) is 37.7 Å². The molecule has 1 aliphatic rings. The molecule has 0 radical (unpaired) electrons. The van der Waals surface area contributed by atoms with Gasteiger partial charge in [-0.1, -0.05) is 25.0 Å². The predicted octanol–water partition coefficient (Wildman–Crippen LogP) is 1.96. The molecular weight excluding hydrogens is 252 g/mol. The van der Waals surface area contributed by atoms with Crippen molar-refractivity contribution in [2.45, 2.75) is 44.6 Å². The molecule has 1 aromatic rings. The first-order chi connectivity index (χ1) is 9.70. The van der Waals surface area contributed by atoms with Crippen LogP contribution in [0, 0.1) is 0 Å². The molecule has 1 fully saturated rings. The van der Waals surface area contributed by atoms with Crippen molar-refractivity contribution < 1.29 is 9.90 Å². The number of aliphatic hydroxyl groups excluding tert-OH is 1. The summed E-state index contributed by atoms with van der Waals surface area (Å²) < 4.78 is 0. The van der Waals surface area contributed by atoms with Crippen molar-refractivity contribution >= 4 is 11.6 Å². The number of hydrogen-bond donors (Lipinski definition) is 2. The van der Waals surface area contributed by atoms with Crippen LogP contribution in [0.3, 0.4) is 0 Å². The van der Waals surface area contributed by atoms with Gasteiger partial charge in [-0.2, -0.15) is 0 Å². The minimum atomic E-state index is 0.0457. The third-order valence-corrected chi connectivity index (χ3v) is 4.03. The highest BCUT2D eigenvalue weighted by atomic mass is 16.3. The second-order valence-corrected chi connectivity index (χ2v) is 5.49. The van der Waals surface area contributed by atoms with E-state index < -0.39 is 0 Å². The first kappa shape index (κ1) is 14.9. The molecule has 0 aromatic heterocycles. The Balaban J connectivity index is 1.89. The number of carbonyl (C=O) groups is 1. The lowest BCUT2D eigenvalue weighted by molar-refractivity contribution is -0.134. The van der Waals surface area contributed by atoms with Gasteiger partial charge in [0.25, 0.3) is 0 Å². The van der Waals surface area contributed by atoms with E-state index in [0.717, 1.165) is 30.5 Å². The standard InChI is InChI=1S/C16H24N2O2/c17-14-8-5-13(6-9-14)7-10-16(20)18(11-12-19)15-3-1-2-4-15/h5-6,8-9,15,19H,1-4,7,10-12,17H2. The van der Waals surface area contributed by atoms with E-state index in [0.29, 0.717) is 19.0 Å². The third-order valence-electron chi connectivity index (χ3n) is 4.03. The number of aryl methyl sites for hydroxylation is 1. The molecule has 110 valence electrons. The molecule has 0 heterocycles. The Kier molecular flexibility index (Phi) is 5.41. The van der Waals surface area contributed by atoms with E-state index in [1.807, 2.05) is 29.2 Å². The second kappa shape index (κ2) is 7.29. The number of hydrogen-bond acceptors (Lipinski definition) is 3. The zero-order chi connectivity index (χ0) is 14.4. The topological polar surface area (TPSA) is 66.6 Å². The zero-order valence-corrected chi connectivity index (χ0v) is 11.9. The summed E-state index contributed by atoms with van der Waals surface area (Å²) in [6.07, 6.45) is 5.77. The van der Waals surface area contributed by atoms with Gasteiger partial charge in [-0.3, -0.25) is 4.79 Å². The molecule has 0 aliphatic heterocycles. The minimum absolute atomic E-state index is 0.0457. The van der Waals surface area contributed by atoms with Gasteiger partial charge in [0.15, 0.2) is 0 Å². The van der Waals surface area contributed by atoms with Crippen LogP contribution in [0.4, 0.5) is 5.69 Å². The van der Waals surface area contributed by atoms with Crippen LogP contribution < -0.4 is 5.73 Å². The van der Waals surface area contributed by atoms with Gasteiger partial charge >= 0.3 is 0 Å². The van der Waals surface area contributed by atoms with Crippen molar-refractivity contribution in [2.24, 2.45) is 0 Å². The number of carbonyl (C=O) groups excluding carboxylic acids is 1. The maximum Gasteiger partial charge on any atom is 0.223 e. The normalized spacial score (nSPS) is 15.4. The van der Waals surface area contributed by atoms with E-state index >= 15 is 0 Å². The summed E-state index contributed by atoms with van der Waals surface area (Å²) in [5.41, 5.74) is 7.52. The van der Waals surface area contributed by atoms with Crippen molar-refractivity contribution in [3.63, 3.8) is 0 Å². The SMILES string of the molecule is Nc1ccc(CCC(=O)N(CCO)C2CCCC2)cc1. The van der Waals surface area contributed by atoms with Gasteiger partial charge in [0.1, 0.15) is 0 Å². The maximum absolute atomic E-state index is 12.4. The van der Waals surface area contributed by atoms with Gasteiger partial charge in [0.05, 0.1) is 6.61 Å². The number of benzene rings is 1. The highest BCUT2D eigenvalue weighted by Crippen LogP contribution is 2.24. The van der Waals surface area contributed by atoms with Crippen LogP contribution in [-0.4, -0.2) is 35.1 Å². The third kappa shape index (κ3) is 3.97. The fraction of sp³-hybridized carbons (Fsp3) is 0.562. The highest BCUT2D eigenvalue weighted by molar-refractivity contribution is 5.76. The van der Waals surface area contributed by atoms with Crippen LogP contribution in [0.2, 0.25) is 0 Å². The van der Waals surface area contributed by atoms with Gasteiger partial charge in [0.2, 0.25) is 5.91 Å². The molecule has 0 spiro atoms. The first-order valence-corrected chi connectivity index (χ1v) is 7.45. The van der Waals surface area contributed by atoms with Crippen molar-refractivity contribution in [3.8, 4) is 0 Å². The Labute approximate surface area is 120 Å². The Morgan fingerprint density at radius 1 is 1.25 bits per heavy atom. The summed E-state index contributed by atoms with van der Waals surface area (Å²) >= 11 is 0. The number of rotatable bonds is 6. The van der Waals surface area contributed by atoms with Crippen LogP contribution in [-0.2, 0) is 11.2 Å². The maximum atomic E-state index is 12.4. The number of amides is 1. The molecule has 2 rings (SSSR count). The summed E-state index contributed by atoms with van der Waals surface area (Å²) in [6, 6.07) is 7.99. The Bertz CT molecular complexity index is 425. The molecule has 3 N–H and O–H groups in total. The van der Waals surface area contributed by atoms with Crippen LogP contribution in [0.25, 0.3) is 0 Å². The molecule has 1 aromatic carbocycles. The Morgan fingerprint density at radius 3 is 2.50 bits per heavy atom. The summed E-state index contributed by atoms with van der Waals surface area (Å²) in [7, 11) is 0. The lowest BCUT2D eigenvalue weighted by atomic mass is 10.1. The predicted molar refractivity (Wildman–Crippen MR) is 80.2 cm³/mol. The van der Waals surface area contributed by atoms with Crippen molar-refractivity contribution in [1.29, 1.82) is 0 Å². The Morgan fingerprint density at radius 2 is 1.90 bits per heavy atom. The quantitative estimate of drug-likeness (QED) is 0.781. The van der Waals surface area contributed by atoms with Gasteiger partial charge in [-0.05, 0) is 37.0 Å². The van der Waals surface area contributed by atoms with Crippen LogP contribution >= 0.6 is 0 Å². The average molecular weight is 276 g/mol.